The van der Waals surface area contributed by atoms with Crippen LogP contribution in [0, 0.1) is 0 Å². The lowest BCUT2D eigenvalue weighted by Crippen LogP contribution is -2.34. The highest BCUT2D eigenvalue weighted by molar-refractivity contribution is 6.43. The van der Waals surface area contributed by atoms with E-state index in [4.69, 9.17) is 45.6 Å². The summed E-state index contributed by atoms with van der Waals surface area (Å²) >= 11 is 18.4. The van der Waals surface area contributed by atoms with Crippen molar-refractivity contribution in [2.75, 3.05) is 6.61 Å². The second kappa shape index (κ2) is 7.95. The predicted octanol–water partition coefficient (Wildman–Crippen LogP) is 2.99. The van der Waals surface area contributed by atoms with Gasteiger partial charge in [-0.25, -0.2) is 0 Å². The Morgan fingerprint density at radius 3 is 2.63 bits per heavy atom. The highest BCUT2D eigenvalue weighted by atomic mass is 35.5. The number of benzene rings is 1. The molecule has 0 spiro atoms. The lowest BCUT2D eigenvalue weighted by molar-refractivity contribution is -0.149. The number of rotatable bonds is 5. The summed E-state index contributed by atoms with van der Waals surface area (Å²) in [5.41, 5.74) is 0.494. The Kier molecular flexibility index (Phi) is 5.59. The van der Waals surface area contributed by atoms with Gasteiger partial charge in [0.2, 0.25) is 0 Å². The third-order valence-corrected chi connectivity index (χ3v) is 5.47. The molecule has 0 radical (unpaired) electrons. The molecule has 1 aromatic heterocycles. The minimum atomic E-state index is -1.43. The van der Waals surface area contributed by atoms with Crippen LogP contribution in [-0.2, 0) is 14.3 Å². The van der Waals surface area contributed by atoms with Gasteiger partial charge in [-0.3, -0.25) is 9.59 Å². The number of aliphatic hydroxyl groups is 2. The second-order valence-electron chi connectivity index (χ2n) is 5.94. The first kappa shape index (κ1) is 19.0. The number of aliphatic hydroxyl groups excluding tert-OH is 2. The average molecular weight is 438 g/mol. The van der Waals surface area contributed by atoms with Gasteiger partial charge in [0.1, 0.15) is 30.1 Å². The zero-order chi connectivity index (χ0) is 20.7. The van der Waals surface area contributed by atoms with Gasteiger partial charge in [0.25, 0.3) is 0 Å². The van der Waals surface area contributed by atoms with Crippen LogP contribution < -0.4 is 0 Å². The molecule has 7 nitrogen and oxygen atoms in total. The Labute approximate surface area is 170 Å². The maximum atomic E-state index is 11.5. The molecular weight excluding hydrogens is 421 g/mol. The molecule has 0 saturated carbocycles. The number of aldehydes is 1. The van der Waals surface area contributed by atoms with Crippen molar-refractivity contribution < 1.29 is 30.6 Å². The van der Waals surface area contributed by atoms with E-state index < -0.39 is 36.9 Å². The predicted molar refractivity (Wildman–Crippen MR) is 99.5 cm³/mol. The number of carbonyl (C=O) groups excluding carboxylic acids is 2. The van der Waals surface area contributed by atoms with E-state index in [1.807, 2.05) is 0 Å². The first-order valence-corrected chi connectivity index (χ1v) is 9.04. The van der Waals surface area contributed by atoms with Gasteiger partial charge in [-0.2, -0.15) is 0 Å². The minimum Gasteiger partial charge on any atom is -0.463 e. The van der Waals surface area contributed by atoms with Gasteiger partial charge in [-0.05, 0) is 12.1 Å². The summed E-state index contributed by atoms with van der Waals surface area (Å²) < 4.78 is 19.2. The van der Waals surface area contributed by atoms with Gasteiger partial charge in [0, 0.05) is 13.2 Å². The first-order valence-electron chi connectivity index (χ1n) is 8.49. The Hall–Kier alpha value is -1.35. The highest BCUT2D eigenvalue weighted by Gasteiger charge is 2.45. The number of esters is 1. The Morgan fingerprint density at radius 1 is 1.33 bits per heavy atom. The molecule has 0 bridgehead atoms. The van der Waals surface area contributed by atoms with Crippen molar-refractivity contribution in [3.8, 4) is 0 Å². The fraction of sp³-hybridized carbons (Fsp3) is 0.412. The largest absolute Gasteiger partial charge is 0.463 e. The van der Waals surface area contributed by atoms with Gasteiger partial charge in [0.05, 0.1) is 21.1 Å². The molecular formula is C17H16Cl3NO6. The molecule has 0 aliphatic carbocycles. The number of hydrogen-bond donors (Lipinski definition) is 2. The molecule has 0 amide bonds. The fourth-order valence-corrected chi connectivity index (χ4v) is 3.64. The van der Waals surface area contributed by atoms with Gasteiger partial charge >= 0.3 is 5.97 Å². The van der Waals surface area contributed by atoms with E-state index in [0.717, 1.165) is 0 Å². The van der Waals surface area contributed by atoms with Crippen molar-refractivity contribution in [1.82, 2.24) is 4.57 Å². The van der Waals surface area contributed by atoms with E-state index >= 15 is 0 Å². The summed E-state index contributed by atoms with van der Waals surface area (Å²) in [4.78, 5) is 23.0. The van der Waals surface area contributed by atoms with Gasteiger partial charge in [0.15, 0.2) is 12.5 Å². The molecule has 2 unspecified atom stereocenters. The zero-order valence-electron chi connectivity index (χ0n) is 14.9. The summed E-state index contributed by atoms with van der Waals surface area (Å²) in [5, 5.41) is 21.5. The van der Waals surface area contributed by atoms with Crippen molar-refractivity contribution in [3.63, 3.8) is 0 Å². The fourth-order valence-electron chi connectivity index (χ4n) is 2.99. The zero-order valence-corrected chi connectivity index (χ0v) is 16.2. The molecule has 27 heavy (non-hydrogen) atoms. The maximum absolute atomic E-state index is 11.5. The van der Waals surface area contributed by atoms with E-state index in [2.05, 4.69) is 0 Å². The molecule has 1 aliphatic rings. The summed E-state index contributed by atoms with van der Waals surface area (Å²) in [7, 11) is 0. The van der Waals surface area contributed by atoms with E-state index in [1.165, 1.54) is 23.6 Å². The number of aromatic nitrogens is 1. The van der Waals surface area contributed by atoms with Crippen molar-refractivity contribution >= 4 is 58.0 Å². The molecule has 5 atom stereocenters. The summed E-state index contributed by atoms with van der Waals surface area (Å²) in [6.45, 7) is 0.980. The topological polar surface area (TPSA) is 98.0 Å². The van der Waals surface area contributed by atoms with Crippen LogP contribution in [0.1, 0.15) is 31.3 Å². The van der Waals surface area contributed by atoms with Crippen LogP contribution in [0.3, 0.4) is 0 Å². The van der Waals surface area contributed by atoms with E-state index in [0.29, 0.717) is 17.2 Å². The summed E-state index contributed by atoms with van der Waals surface area (Å²) in [5.74, 6) is -0.789. The van der Waals surface area contributed by atoms with Crippen LogP contribution >= 0.6 is 34.8 Å². The summed E-state index contributed by atoms with van der Waals surface area (Å²) in [6, 6.07) is 2.94. The van der Waals surface area contributed by atoms with Crippen molar-refractivity contribution in [2.24, 2.45) is 0 Å². The SMILES string of the molecule is [2H]C(C)C(=O)OC[C@H]1OC(n2c(Cl)c(C=O)c3cc(Cl)c(Cl)cc32)[C@H](O)[C@@H]1O. The monoisotopic (exact) mass is 436 g/mol. The van der Waals surface area contributed by atoms with Crippen LogP contribution in [0.2, 0.25) is 15.2 Å². The molecule has 2 N–H and O–H groups in total. The molecule has 3 rings (SSSR count). The molecule has 1 fully saturated rings. The number of hydrogen-bond acceptors (Lipinski definition) is 6. The average Bonchev–Trinajstić information content (AvgIpc) is 3.06. The van der Waals surface area contributed by atoms with Crippen molar-refractivity contribution in [1.29, 1.82) is 0 Å². The molecule has 1 aliphatic heterocycles. The Bertz CT molecular complexity index is 933. The Balaban J connectivity index is 1.98. The lowest BCUT2D eigenvalue weighted by atomic mass is 10.1. The van der Waals surface area contributed by atoms with E-state index in [9.17, 15) is 19.8 Å². The number of carbonyl (C=O) groups is 2. The lowest BCUT2D eigenvalue weighted by Gasteiger charge is -2.19. The summed E-state index contributed by atoms with van der Waals surface area (Å²) in [6.07, 6.45) is -5.61. The minimum absolute atomic E-state index is 0.0305. The highest BCUT2D eigenvalue weighted by Crippen LogP contribution is 2.40. The van der Waals surface area contributed by atoms with Crippen LogP contribution in [0.15, 0.2) is 12.1 Å². The standard InChI is InChI=1S/C17H16Cl3NO6/c1-2-13(23)26-6-12-14(24)15(25)17(27-12)21-11-4-10(19)9(18)3-7(11)8(5-22)16(21)20/h3-5,12,14-15,17,24-25H,2,6H2,1H3/t12-,14-,15-,17?/m1/s1/i2D/t2?,12-,14-,15-,17?. The third kappa shape index (κ3) is 3.55. The van der Waals surface area contributed by atoms with Gasteiger partial charge < -0.3 is 24.3 Å². The van der Waals surface area contributed by atoms with Gasteiger partial charge in [-0.1, -0.05) is 41.7 Å². The quantitative estimate of drug-likeness (QED) is 0.551. The van der Waals surface area contributed by atoms with Gasteiger partial charge in [-0.15, -0.1) is 0 Å². The van der Waals surface area contributed by atoms with Crippen LogP contribution in [-0.4, -0.2) is 52.0 Å². The number of halogens is 3. The smallest absolute Gasteiger partial charge is 0.305 e. The molecule has 2 heterocycles. The van der Waals surface area contributed by atoms with Crippen molar-refractivity contribution in [2.45, 2.75) is 37.9 Å². The van der Waals surface area contributed by atoms with Crippen LogP contribution in [0.5, 0.6) is 0 Å². The third-order valence-electron chi connectivity index (χ3n) is 4.36. The molecule has 146 valence electrons. The van der Waals surface area contributed by atoms with Crippen LogP contribution in [0.25, 0.3) is 10.9 Å². The number of ether oxygens (including phenoxy) is 2. The second-order valence-corrected chi connectivity index (χ2v) is 7.11. The van der Waals surface area contributed by atoms with Crippen LogP contribution in [0.4, 0.5) is 0 Å². The molecule has 10 heteroatoms. The first-order chi connectivity index (χ1) is 13.2. The molecule has 1 aromatic carbocycles. The van der Waals surface area contributed by atoms with Crippen molar-refractivity contribution in [3.05, 3.63) is 32.9 Å². The van der Waals surface area contributed by atoms with E-state index in [1.54, 1.807) is 0 Å². The maximum Gasteiger partial charge on any atom is 0.305 e. The van der Waals surface area contributed by atoms with E-state index in [-0.39, 0.29) is 27.4 Å². The number of nitrogens with zero attached hydrogens (tertiary/aromatic N) is 1. The molecule has 2 aromatic rings. The normalized spacial score (nSPS) is 26.8. The Morgan fingerprint density at radius 2 is 2.00 bits per heavy atom. The number of fused-ring (bicyclic) bond motifs is 1. The molecule has 1 saturated heterocycles.